The van der Waals surface area contributed by atoms with Crippen LogP contribution in [0.3, 0.4) is 0 Å². The molecule has 8 heteroatoms. The molecule has 1 N–H and O–H groups in total. The highest BCUT2D eigenvalue weighted by molar-refractivity contribution is 5.61. The first kappa shape index (κ1) is 21.0. The van der Waals surface area contributed by atoms with Crippen molar-refractivity contribution < 1.29 is 4.74 Å². The summed E-state index contributed by atoms with van der Waals surface area (Å²) in [4.78, 5) is 8.88. The van der Waals surface area contributed by atoms with Gasteiger partial charge < -0.3 is 14.6 Å². The largest absolute Gasteiger partial charge is 0.479 e. The zero-order valence-electron chi connectivity index (χ0n) is 18.4. The maximum absolute atomic E-state index is 8.96. The molecule has 0 radical (unpaired) electrons. The van der Waals surface area contributed by atoms with Gasteiger partial charge in [-0.15, -0.1) is 10.2 Å². The molecule has 0 amide bonds. The van der Waals surface area contributed by atoms with E-state index in [0.717, 1.165) is 22.5 Å². The Bertz CT molecular complexity index is 1290. The molecule has 4 aromatic rings. The Morgan fingerprint density at radius 2 is 1.84 bits per heavy atom. The molecule has 1 unspecified atom stereocenters. The predicted molar refractivity (Wildman–Crippen MR) is 122 cm³/mol. The fraction of sp³-hybridized carbons (Fsp3) is 0.208. The van der Waals surface area contributed by atoms with Gasteiger partial charge in [0.15, 0.2) is 5.82 Å². The summed E-state index contributed by atoms with van der Waals surface area (Å²) >= 11 is 0. The summed E-state index contributed by atoms with van der Waals surface area (Å²) in [6.07, 6.45) is 3.65. The van der Waals surface area contributed by atoms with Gasteiger partial charge in [0.25, 0.3) is 0 Å². The van der Waals surface area contributed by atoms with Crippen LogP contribution in [0.25, 0.3) is 17.1 Å². The molecule has 0 saturated carbocycles. The lowest BCUT2D eigenvalue weighted by Crippen LogP contribution is -2.10. The SMILES string of the molecule is COc1nc(-c2cc(C)c(NC(C)c3ccc(C#N)cc3)nn2)ccc1-n1cnc(C)c1. The van der Waals surface area contributed by atoms with Gasteiger partial charge >= 0.3 is 0 Å². The summed E-state index contributed by atoms with van der Waals surface area (Å²) in [5.41, 5.74) is 5.69. The molecular formula is C24H23N7O. The molecule has 0 aliphatic heterocycles. The average molecular weight is 425 g/mol. The van der Waals surface area contributed by atoms with Crippen molar-refractivity contribution in [1.29, 1.82) is 5.26 Å². The Kier molecular flexibility index (Phi) is 5.81. The van der Waals surface area contributed by atoms with E-state index in [-0.39, 0.29) is 6.04 Å². The topological polar surface area (TPSA) is 102 Å². The van der Waals surface area contributed by atoms with Gasteiger partial charge in [0.05, 0.1) is 42.5 Å². The number of nitrogens with zero attached hydrogens (tertiary/aromatic N) is 6. The van der Waals surface area contributed by atoms with Gasteiger partial charge in [-0.3, -0.25) is 0 Å². The second kappa shape index (κ2) is 8.86. The number of imidazole rings is 1. The van der Waals surface area contributed by atoms with Crippen molar-refractivity contribution in [3.63, 3.8) is 0 Å². The minimum Gasteiger partial charge on any atom is -0.479 e. The molecule has 0 aliphatic carbocycles. The molecule has 1 atom stereocenters. The highest BCUT2D eigenvalue weighted by Gasteiger charge is 2.14. The first-order valence-electron chi connectivity index (χ1n) is 10.2. The van der Waals surface area contributed by atoms with Crippen LogP contribution in [0.5, 0.6) is 5.88 Å². The number of nitriles is 1. The van der Waals surface area contributed by atoms with Crippen LogP contribution >= 0.6 is 0 Å². The number of pyridine rings is 1. The van der Waals surface area contributed by atoms with E-state index in [2.05, 4.69) is 31.6 Å². The number of aryl methyl sites for hydroxylation is 2. The third kappa shape index (κ3) is 4.27. The lowest BCUT2D eigenvalue weighted by Gasteiger charge is -2.16. The van der Waals surface area contributed by atoms with Crippen LogP contribution in [0.4, 0.5) is 5.82 Å². The summed E-state index contributed by atoms with van der Waals surface area (Å²) < 4.78 is 7.38. The van der Waals surface area contributed by atoms with Crippen molar-refractivity contribution >= 4 is 5.82 Å². The van der Waals surface area contributed by atoms with Crippen molar-refractivity contribution in [2.75, 3.05) is 12.4 Å². The van der Waals surface area contributed by atoms with E-state index >= 15 is 0 Å². The van der Waals surface area contributed by atoms with E-state index < -0.39 is 0 Å². The third-order valence-electron chi connectivity index (χ3n) is 5.16. The lowest BCUT2D eigenvalue weighted by molar-refractivity contribution is 0.396. The minimum absolute atomic E-state index is 0.0118. The van der Waals surface area contributed by atoms with Crippen LogP contribution in [0.1, 0.15) is 35.3 Å². The normalized spacial score (nSPS) is 11.6. The first-order valence-corrected chi connectivity index (χ1v) is 10.2. The Hall–Kier alpha value is -4.25. The Morgan fingerprint density at radius 1 is 1.06 bits per heavy atom. The molecule has 4 rings (SSSR count). The Morgan fingerprint density at radius 3 is 2.47 bits per heavy atom. The predicted octanol–water partition coefficient (Wildman–Crippen LogP) is 4.39. The van der Waals surface area contributed by atoms with Crippen molar-refractivity contribution in [2.24, 2.45) is 0 Å². The molecule has 32 heavy (non-hydrogen) atoms. The molecule has 0 saturated heterocycles. The van der Waals surface area contributed by atoms with E-state index in [1.807, 2.05) is 74.0 Å². The van der Waals surface area contributed by atoms with E-state index in [1.165, 1.54) is 0 Å². The van der Waals surface area contributed by atoms with Crippen molar-refractivity contribution in [1.82, 2.24) is 24.7 Å². The van der Waals surface area contributed by atoms with Gasteiger partial charge in [-0.25, -0.2) is 9.97 Å². The standard InChI is InChI=1S/C24H23N7O/c1-15-11-21(20-9-10-22(24(28-20)32-4)31-13-16(2)26-14-31)29-30-23(15)27-17(3)19-7-5-18(12-25)6-8-19/h5-11,13-14,17H,1-4H3,(H,27,30). The molecule has 1 aromatic carbocycles. The second-order valence-electron chi connectivity index (χ2n) is 7.51. The van der Waals surface area contributed by atoms with Crippen molar-refractivity contribution in [2.45, 2.75) is 26.8 Å². The summed E-state index contributed by atoms with van der Waals surface area (Å²) in [6.45, 7) is 5.95. The summed E-state index contributed by atoms with van der Waals surface area (Å²) in [5, 5.41) is 21.1. The number of aromatic nitrogens is 5. The maximum Gasteiger partial charge on any atom is 0.238 e. The molecule has 8 nitrogen and oxygen atoms in total. The van der Waals surface area contributed by atoms with Gasteiger partial charge in [0, 0.05) is 6.20 Å². The first-order chi connectivity index (χ1) is 15.5. The Balaban J connectivity index is 1.57. The number of ether oxygens (including phenoxy) is 1. The van der Waals surface area contributed by atoms with Crippen LogP contribution in [-0.4, -0.2) is 31.8 Å². The van der Waals surface area contributed by atoms with E-state index in [1.54, 1.807) is 13.4 Å². The minimum atomic E-state index is 0.0118. The number of anilines is 1. The third-order valence-corrected chi connectivity index (χ3v) is 5.16. The molecule has 0 spiro atoms. The molecule has 0 bridgehead atoms. The van der Waals surface area contributed by atoms with Gasteiger partial charge in [-0.05, 0) is 62.2 Å². The number of rotatable bonds is 6. The van der Waals surface area contributed by atoms with Gasteiger partial charge in [-0.1, -0.05) is 12.1 Å². The van der Waals surface area contributed by atoms with E-state index in [0.29, 0.717) is 28.6 Å². The molecule has 0 aliphatic rings. The summed E-state index contributed by atoms with van der Waals surface area (Å²) in [6, 6.07) is 15.4. The van der Waals surface area contributed by atoms with Crippen LogP contribution in [0.2, 0.25) is 0 Å². The van der Waals surface area contributed by atoms with Crippen LogP contribution in [-0.2, 0) is 0 Å². The number of benzene rings is 1. The molecule has 3 aromatic heterocycles. The van der Waals surface area contributed by atoms with Crippen molar-refractivity contribution in [3.8, 4) is 29.0 Å². The van der Waals surface area contributed by atoms with E-state index in [4.69, 9.17) is 10.00 Å². The zero-order chi connectivity index (χ0) is 22.7. The molecular weight excluding hydrogens is 402 g/mol. The molecule has 160 valence electrons. The van der Waals surface area contributed by atoms with Gasteiger partial charge in [0.1, 0.15) is 11.4 Å². The zero-order valence-corrected chi connectivity index (χ0v) is 18.4. The molecule has 3 heterocycles. The number of nitrogens with one attached hydrogen (secondary N) is 1. The van der Waals surface area contributed by atoms with Crippen molar-refractivity contribution in [3.05, 3.63) is 77.4 Å². The molecule has 0 fully saturated rings. The fourth-order valence-corrected chi connectivity index (χ4v) is 3.36. The smallest absolute Gasteiger partial charge is 0.238 e. The second-order valence-corrected chi connectivity index (χ2v) is 7.51. The lowest BCUT2D eigenvalue weighted by atomic mass is 10.1. The van der Waals surface area contributed by atoms with Crippen LogP contribution < -0.4 is 10.1 Å². The highest BCUT2D eigenvalue weighted by Crippen LogP contribution is 2.27. The average Bonchev–Trinajstić information content (AvgIpc) is 3.26. The number of methoxy groups -OCH3 is 1. The Labute approximate surface area is 186 Å². The summed E-state index contributed by atoms with van der Waals surface area (Å²) in [5.74, 6) is 1.18. The van der Waals surface area contributed by atoms with Crippen LogP contribution in [0, 0.1) is 25.2 Å². The van der Waals surface area contributed by atoms with Gasteiger partial charge in [0.2, 0.25) is 5.88 Å². The quantitative estimate of drug-likeness (QED) is 0.489. The maximum atomic E-state index is 8.96. The number of hydrogen-bond donors (Lipinski definition) is 1. The number of hydrogen-bond acceptors (Lipinski definition) is 7. The van der Waals surface area contributed by atoms with E-state index in [9.17, 15) is 0 Å². The van der Waals surface area contributed by atoms with Crippen LogP contribution in [0.15, 0.2) is 55.0 Å². The monoisotopic (exact) mass is 425 g/mol. The summed E-state index contributed by atoms with van der Waals surface area (Å²) in [7, 11) is 1.59. The van der Waals surface area contributed by atoms with Gasteiger partial charge in [-0.2, -0.15) is 5.26 Å². The highest BCUT2D eigenvalue weighted by atomic mass is 16.5. The fourth-order valence-electron chi connectivity index (χ4n) is 3.36.